The summed E-state index contributed by atoms with van der Waals surface area (Å²) in [6, 6.07) is 0. The Bertz CT molecular complexity index is 251. The van der Waals surface area contributed by atoms with Gasteiger partial charge in [0.25, 0.3) is 0 Å². The van der Waals surface area contributed by atoms with Gasteiger partial charge in [0.1, 0.15) is 5.84 Å². The molecule has 108 valence electrons. The van der Waals surface area contributed by atoms with E-state index in [1.54, 1.807) is 0 Å². The van der Waals surface area contributed by atoms with Crippen molar-refractivity contribution in [2.24, 2.45) is 16.3 Å². The third kappa shape index (κ3) is 7.50. The van der Waals surface area contributed by atoms with Crippen LogP contribution in [0.15, 0.2) is 5.16 Å². The Morgan fingerprint density at radius 2 is 1.72 bits per heavy atom. The molecule has 0 amide bonds. The first-order chi connectivity index (χ1) is 8.29. The molecule has 0 aromatic carbocycles. The molecule has 0 bridgehead atoms. The van der Waals surface area contributed by atoms with Crippen LogP contribution in [-0.4, -0.2) is 61.6 Å². The average molecular weight is 258 g/mol. The summed E-state index contributed by atoms with van der Waals surface area (Å²) in [7, 11) is 6.33. The van der Waals surface area contributed by atoms with Crippen LogP contribution >= 0.6 is 0 Å². The fraction of sp³-hybridized carbons (Fsp3) is 0.923. The molecule has 18 heavy (non-hydrogen) atoms. The first kappa shape index (κ1) is 17.2. The second-order valence-corrected chi connectivity index (χ2v) is 5.93. The van der Waals surface area contributed by atoms with Gasteiger partial charge >= 0.3 is 0 Å². The molecule has 0 radical (unpaired) electrons. The quantitative estimate of drug-likeness (QED) is 0.216. The summed E-state index contributed by atoms with van der Waals surface area (Å²) in [6.45, 7) is 7.30. The molecule has 0 spiro atoms. The van der Waals surface area contributed by atoms with Gasteiger partial charge < -0.3 is 20.7 Å². The summed E-state index contributed by atoms with van der Waals surface area (Å²) < 4.78 is 0. The van der Waals surface area contributed by atoms with Crippen molar-refractivity contribution in [3.05, 3.63) is 0 Å². The summed E-state index contributed by atoms with van der Waals surface area (Å²) >= 11 is 0. The monoisotopic (exact) mass is 258 g/mol. The number of nitrogens with zero attached hydrogens (tertiary/aromatic N) is 3. The van der Waals surface area contributed by atoms with Crippen LogP contribution in [0.3, 0.4) is 0 Å². The van der Waals surface area contributed by atoms with E-state index in [9.17, 15) is 0 Å². The Morgan fingerprint density at radius 3 is 2.22 bits per heavy atom. The van der Waals surface area contributed by atoms with E-state index in [-0.39, 0.29) is 5.41 Å². The van der Waals surface area contributed by atoms with Crippen molar-refractivity contribution in [3.8, 4) is 0 Å². The van der Waals surface area contributed by atoms with Gasteiger partial charge in [0.2, 0.25) is 0 Å². The van der Waals surface area contributed by atoms with Gasteiger partial charge in [-0.1, -0.05) is 25.4 Å². The van der Waals surface area contributed by atoms with E-state index >= 15 is 0 Å². The maximum atomic E-state index is 8.69. The van der Waals surface area contributed by atoms with Crippen molar-refractivity contribution in [3.63, 3.8) is 0 Å². The third-order valence-electron chi connectivity index (χ3n) is 3.32. The number of hydrogen-bond acceptors (Lipinski definition) is 4. The summed E-state index contributed by atoms with van der Waals surface area (Å²) in [5.41, 5.74) is 5.45. The standard InChI is InChI=1S/C13H30N4O/c1-13(2,12(14)15-18)8-6-7-9-17(5)11-10-16(3)4/h18H,6-11H2,1-5H3,(H2,14,15). The average Bonchev–Trinajstić information content (AvgIpc) is 2.30. The number of hydrogen-bond donors (Lipinski definition) is 2. The largest absolute Gasteiger partial charge is 0.409 e. The Morgan fingerprint density at radius 1 is 1.11 bits per heavy atom. The second kappa shape index (κ2) is 8.32. The van der Waals surface area contributed by atoms with Crippen molar-refractivity contribution < 1.29 is 5.21 Å². The zero-order valence-corrected chi connectivity index (χ0v) is 12.6. The van der Waals surface area contributed by atoms with Crippen molar-refractivity contribution in [2.45, 2.75) is 33.1 Å². The topological polar surface area (TPSA) is 65.1 Å². The van der Waals surface area contributed by atoms with E-state index in [0.717, 1.165) is 38.9 Å². The maximum Gasteiger partial charge on any atom is 0.144 e. The van der Waals surface area contributed by atoms with Crippen LogP contribution in [0, 0.1) is 5.41 Å². The minimum atomic E-state index is -0.211. The fourth-order valence-corrected chi connectivity index (χ4v) is 1.69. The van der Waals surface area contributed by atoms with Crippen LogP contribution in [0.4, 0.5) is 0 Å². The molecule has 0 saturated carbocycles. The highest BCUT2D eigenvalue weighted by molar-refractivity contribution is 5.85. The lowest BCUT2D eigenvalue weighted by molar-refractivity contribution is 0.272. The van der Waals surface area contributed by atoms with E-state index in [4.69, 9.17) is 10.9 Å². The molecule has 0 aliphatic rings. The first-order valence-electron chi connectivity index (χ1n) is 6.61. The molecule has 3 N–H and O–H groups in total. The second-order valence-electron chi connectivity index (χ2n) is 5.93. The van der Waals surface area contributed by atoms with Crippen LogP contribution < -0.4 is 5.73 Å². The zero-order valence-electron chi connectivity index (χ0n) is 12.6. The first-order valence-corrected chi connectivity index (χ1v) is 6.61. The molecule has 5 nitrogen and oxygen atoms in total. The van der Waals surface area contributed by atoms with Crippen molar-refractivity contribution in [2.75, 3.05) is 40.8 Å². The SMILES string of the molecule is CN(C)CCN(C)CCCCC(C)(C)C(N)=NO. The van der Waals surface area contributed by atoms with Gasteiger partial charge in [-0.2, -0.15) is 0 Å². The Labute approximate surface area is 112 Å². The third-order valence-corrected chi connectivity index (χ3v) is 3.32. The van der Waals surface area contributed by atoms with Gasteiger partial charge in [-0.05, 0) is 40.5 Å². The van der Waals surface area contributed by atoms with Crippen molar-refractivity contribution >= 4 is 5.84 Å². The number of rotatable bonds is 9. The minimum Gasteiger partial charge on any atom is -0.409 e. The van der Waals surface area contributed by atoms with Gasteiger partial charge in [0, 0.05) is 18.5 Å². The summed E-state index contributed by atoms with van der Waals surface area (Å²) in [5, 5.41) is 11.8. The Balaban J connectivity index is 3.73. The summed E-state index contributed by atoms with van der Waals surface area (Å²) in [5.74, 6) is 0.323. The van der Waals surface area contributed by atoms with E-state index in [2.05, 4.69) is 36.1 Å². The van der Waals surface area contributed by atoms with E-state index in [1.807, 2.05) is 13.8 Å². The molecule has 0 aromatic rings. The summed E-state index contributed by atoms with van der Waals surface area (Å²) in [6.07, 6.45) is 3.19. The van der Waals surface area contributed by atoms with Crippen LogP contribution in [0.2, 0.25) is 0 Å². The number of unbranched alkanes of at least 4 members (excludes halogenated alkanes) is 1. The molecule has 0 aromatic heterocycles. The molecule has 0 fully saturated rings. The van der Waals surface area contributed by atoms with Crippen molar-refractivity contribution in [1.82, 2.24) is 9.80 Å². The summed E-state index contributed by atoms with van der Waals surface area (Å²) in [4.78, 5) is 4.54. The van der Waals surface area contributed by atoms with Gasteiger partial charge in [-0.25, -0.2) is 0 Å². The van der Waals surface area contributed by atoms with Crippen molar-refractivity contribution in [1.29, 1.82) is 0 Å². The zero-order chi connectivity index (χ0) is 14.2. The lowest BCUT2D eigenvalue weighted by atomic mass is 9.86. The lowest BCUT2D eigenvalue weighted by Gasteiger charge is -2.23. The lowest BCUT2D eigenvalue weighted by Crippen LogP contribution is -2.32. The Kier molecular flexibility index (Phi) is 7.95. The molecule has 5 heteroatoms. The molecule has 0 aliphatic heterocycles. The molecular weight excluding hydrogens is 228 g/mol. The number of nitrogens with two attached hydrogens (primary N) is 1. The highest BCUT2D eigenvalue weighted by Gasteiger charge is 2.22. The van der Waals surface area contributed by atoms with Crippen LogP contribution in [0.25, 0.3) is 0 Å². The van der Waals surface area contributed by atoms with E-state index < -0.39 is 0 Å². The maximum absolute atomic E-state index is 8.69. The predicted molar refractivity (Wildman–Crippen MR) is 77.1 cm³/mol. The normalized spacial score (nSPS) is 13.6. The fourth-order valence-electron chi connectivity index (χ4n) is 1.69. The number of amidine groups is 1. The van der Waals surface area contributed by atoms with Gasteiger partial charge in [-0.3, -0.25) is 0 Å². The molecule has 0 atom stereocenters. The number of oxime groups is 1. The van der Waals surface area contributed by atoms with E-state index in [0.29, 0.717) is 5.84 Å². The molecular formula is C13H30N4O. The smallest absolute Gasteiger partial charge is 0.144 e. The Hall–Kier alpha value is -0.810. The highest BCUT2D eigenvalue weighted by atomic mass is 16.4. The van der Waals surface area contributed by atoms with Gasteiger partial charge in [0.05, 0.1) is 0 Å². The molecule has 0 unspecified atom stereocenters. The van der Waals surface area contributed by atoms with Crippen LogP contribution in [0.1, 0.15) is 33.1 Å². The van der Waals surface area contributed by atoms with Gasteiger partial charge in [0.15, 0.2) is 0 Å². The van der Waals surface area contributed by atoms with Gasteiger partial charge in [-0.15, -0.1) is 0 Å². The molecule has 0 aliphatic carbocycles. The van der Waals surface area contributed by atoms with Crippen LogP contribution in [0.5, 0.6) is 0 Å². The minimum absolute atomic E-state index is 0.211. The molecule has 0 saturated heterocycles. The van der Waals surface area contributed by atoms with Crippen LogP contribution in [-0.2, 0) is 0 Å². The predicted octanol–water partition coefficient (Wildman–Crippen LogP) is 1.42. The number of likely N-dealkylation sites (N-methyl/N-ethyl adjacent to an activating group) is 2. The van der Waals surface area contributed by atoms with E-state index in [1.165, 1.54) is 0 Å². The molecule has 0 rings (SSSR count). The molecule has 0 heterocycles. The highest BCUT2D eigenvalue weighted by Crippen LogP contribution is 2.23.